The van der Waals surface area contributed by atoms with Crippen LogP contribution < -0.4 is 5.32 Å². The predicted molar refractivity (Wildman–Crippen MR) is 51.2 cm³/mol. The normalized spacial score (nSPS) is 36.2. The van der Waals surface area contributed by atoms with Crippen LogP contribution in [0.1, 0.15) is 27.2 Å². The maximum absolute atomic E-state index is 3.49. The standard InChI is InChI=1S/C10H20N2/c1-4-10(2,3)12-6-8-5-11-9(8)7-12/h8-9,11H,4-7H2,1-3H3. The fourth-order valence-corrected chi connectivity index (χ4v) is 2.17. The third kappa shape index (κ3) is 1.17. The first-order chi connectivity index (χ1) is 5.63. The summed E-state index contributed by atoms with van der Waals surface area (Å²) in [6, 6.07) is 0.816. The highest BCUT2D eigenvalue weighted by Gasteiger charge is 2.42. The summed E-state index contributed by atoms with van der Waals surface area (Å²) < 4.78 is 0. The highest BCUT2D eigenvalue weighted by molar-refractivity contribution is 5.01. The van der Waals surface area contributed by atoms with Gasteiger partial charge in [-0.15, -0.1) is 0 Å². The van der Waals surface area contributed by atoms with Crippen LogP contribution >= 0.6 is 0 Å². The van der Waals surface area contributed by atoms with E-state index in [0.717, 1.165) is 12.0 Å². The van der Waals surface area contributed by atoms with E-state index in [-0.39, 0.29) is 0 Å². The molecule has 2 nitrogen and oxygen atoms in total. The van der Waals surface area contributed by atoms with Crippen molar-refractivity contribution in [2.75, 3.05) is 19.6 Å². The van der Waals surface area contributed by atoms with Gasteiger partial charge in [0.25, 0.3) is 0 Å². The van der Waals surface area contributed by atoms with Gasteiger partial charge >= 0.3 is 0 Å². The lowest BCUT2D eigenvalue weighted by Crippen LogP contribution is -2.51. The summed E-state index contributed by atoms with van der Waals surface area (Å²) in [7, 11) is 0. The molecular weight excluding hydrogens is 148 g/mol. The van der Waals surface area contributed by atoms with Crippen molar-refractivity contribution in [3.63, 3.8) is 0 Å². The van der Waals surface area contributed by atoms with E-state index in [1.165, 1.54) is 26.1 Å². The number of nitrogens with one attached hydrogen (secondary N) is 1. The number of rotatable bonds is 2. The molecule has 2 rings (SSSR count). The van der Waals surface area contributed by atoms with E-state index in [4.69, 9.17) is 0 Å². The summed E-state index contributed by atoms with van der Waals surface area (Å²) in [5, 5.41) is 3.49. The lowest BCUT2D eigenvalue weighted by atomic mass is 9.96. The van der Waals surface area contributed by atoms with Gasteiger partial charge in [-0.2, -0.15) is 0 Å². The van der Waals surface area contributed by atoms with Crippen LogP contribution in [0.15, 0.2) is 0 Å². The first kappa shape index (κ1) is 8.52. The summed E-state index contributed by atoms with van der Waals surface area (Å²) >= 11 is 0. The van der Waals surface area contributed by atoms with E-state index in [9.17, 15) is 0 Å². The van der Waals surface area contributed by atoms with Crippen molar-refractivity contribution in [3.8, 4) is 0 Å². The Bertz CT molecular complexity index is 165. The van der Waals surface area contributed by atoms with Crippen LogP contribution in [0.3, 0.4) is 0 Å². The summed E-state index contributed by atoms with van der Waals surface area (Å²) in [4.78, 5) is 2.64. The number of nitrogens with zero attached hydrogens (tertiary/aromatic N) is 1. The first-order valence-corrected chi connectivity index (χ1v) is 5.12. The molecule has 2 fully saturated rings. The summed E-state index contributed by atoms with van der Waals surface area (Å²) in [6.45, 7) is 10.8. The smallest absolute Gasteiger partial charge is 0.0247 e. The number of fused-ring (bicyclic) bond motifs is 1. The molecule has 0 aromatic heterocycles. The Labute approximate surface area is 75.3 Å². The molecule has 2 heteroatoms. The second-order valence-corrected chi connectivity index (χ2v) is 4.85. The van der Waals surface area contributed by atoms with Gasteiger partial charge in [-0.05, 0) is 20.3 Å². The molecule has 0 spiro atoms. The molecule has 2 aliphatic rings. The van der Waals surface area contributed by atoms with Crippen molar-refractivity contribution in [1.82, 2.24) is 10.2 Å². The van der Waals surface area contributed by atoms with Gasteiger partial charge in [0.2, 0.25) is 0 Å². The summed E-state index contributed by atoms with van der Waals surface area (Å²) in [6.07, 6.45) is 1.26. The predicted octanol–water partition coefficient (Wildman–Crippen LogP) is 1.08. The SMILES string of the molecule is CCC(C)(C)N1CC2CNC2C1. The van der Waals surface area contributed by atoms with Crippen LogP contribution in [0, 0.1) is 5.92 Å². The van der Waals surface area contributed by atoms with Crippen molar-refractivity contribution in [2.45, 2.75) is 38.8 Å². The number of hydrogen-bond donors (Lipinski definition) is 1. The molecule has 12 heavy (non-hydrogen) atoms. The number of hydrogen-bond acceptors (Lipinski definition) is 2. The van der Waals surface area contributed by atoms with Crippen LogP contribution in [0.2, 0.25) is 0 Å². The Balaban J connectivity index is 1.98. The van der Waals surface area contributed by atoms with Gasteiger partial charge in [-0.1, -0.05) is 6.92 Å². The Kier molecular flexibility index (Phi) is 1.92. The lowest BCUT2D eigenvalue weighted by Gasteiger charge is -2.34. The second kappa shape index (κ2) is 2.71. The van der Waals surface area contributed by atoms with Crippen molar-refractivity contribution < 1.29 is 0 Å². The fourth-order valence-electron chi connectivity index (χ4n) is 2.17. The van der Waals surface area contributed by atoms with Crippen LogP contribution in [-0.2, 0) is 0 Å². The van der Waals surface area contributed by atoms with Crippen molar-refractivity contribution in [1.29, 1.82) is 0 Å². The molecule has 2 aliphatic heterocycles. The molecule has 0 aromatic carbocycles. The molecule has 70 valence electrons. The molecule has 0 bridgehead atoms. The third-order valence-corrected chi connectivity index (χ3v) is 3.80. The summed E-state index contributed by atoms with van der Waals surface area (Å²) in [5.41, 5.74) is 0.416. The van der Waals surface area contributed by atoms with Gasteiger partial charge in [0.05, 0.1) is 0 Å². The Hall–Kier alpha value is -0.0800. The Morgan fingerprint density at radius 1 is 1.42 bits per heavy atom. The van der Waals surface area contributed by atoms with Gasteiger partial charge in [0.15, 0.2) is 0 Å². The second-order valence-electron chi connectivity index (χ2n) is 4.85. The molecule has 1 N–H and O–H groups in total. The maximum Gasteiger partial charge on any atom is 0.0247 e. The van der Waals surface area contributed by atoms with Gasteiger partial charge in [0.1, 0.15) is 0 Å². The third-order valence-electron chi connectivity index (χ3n) is 3.80. The van der Waals surface area contributed by atoms with Crippen molar-refractivity contribution in [2.24, 2.45) is 5.92 Å². The van der Waals surface area contributed by atoms with E-state index in [1.807, 2.05) is 0 Å². The zero-order chi connectivity index (χ0) is 8.77. The van der Waals surface area contributed by atoms with E-state index in [1.54, 1.807) is 0 Å². The molecule has 2 atom stereocenters. The Morgan fingerprint density at radius 2 is 2.17 bits per heavy atom. The van der Waals surface area contributed by atoms with Gasteiger partial charge in [-0.25, -0.2) is 0 Å². The average Bonchev–Trinajstić information content (AvgIpc) is 2.28. The molecule has 0 radical (unpaired) electrons. The monoisotopic (exact) mass is 168 g/mol. The zero-order valence-electron chi connectivity index (χ0n) is 8.43. The molecule has 2 saturated heterocycles. The van der Waals surface area contributed by atoms with E-state index < -0.39 is 0 Å². The number of likely N-dealkylation sites (tertiary alicyclic amines) is 1. The fraction of sp³-hybridized carbons (Fsp3) is 1.00. The van der Waals surface area contributed by atoms with Crippen molar-refractivity contribution >= 4 is 0 Å². The highest BCUT2D eigenvalue weighted by Crippen LogP contribution is 2.30. The largest absolute Gasteiger partial charge is 0.312 e. The van der Waals surface area contributed by atoms with Crippen LogP contribution in [0.25, 0.3) is 0 Å². The molecule has 2 unspecified atom stereocenters. The van der Waals surface area contributed by atoms with Gasteiger partial charge < -0.3 is 5.32 Å². The van der Waals surface area contributed by atoms with Gasteiger partial charge in [0, 0.05) is 37.1 Å². The molecule has 0 aliphatic carbocycles. The zero-order valence-corrected chi connectivity index (χ0v) is 8.43. The van der Waals surface area contributed by atoms with Crippen LogP contribution in [0.4, 0.5) is 0 Å². The van der Waals surface area contributed by atoms with Crippen LogP contribution in [-0.4, -0.2) is 36.1 Å². The van der Waals surface area contributed by atoms with Crippen molar-refractivity contribution in [3.05, 3.63) is 0 Å². The maximum atomic E-state index is 3.49. The molecule has 2 heterocycles. The van der Waals surface area contributed by atoms with E-state index >= 15 is 0 Å². The molecular formula is C10H20N2. The summed E-state index contributed by atoms with van der Waals surface area (Å²) in [5.74, 6) is 0.954. The molecule has 0 saturated carbocycles. The minimum atomic E-state index is 0.416. The topological polar surface area (TPSA) is 15.3 Å². The lowest BCUT2D eigenvalue weighted by molar-refractivity contribution is 0.146. The van der Waals surface area contributed by atoms with Gasteiger partial charge in [-0.3, -0.25) is 4.90 Å². The molecule has 0 aromatic rings. The Morgan fingerprint density at radius 3 is 2.50 bits per heavy atom. The highest BCUT2D eigenvalue weighted by atomic mass is 15.3. The average molecular weight is 168 g/mol. The minimum absolute atomic E-state index is 0.416. The molecule has 0 amide bonds. The van der Waals surface area contributed by atoms with Crippen LogP contribution in [0.5, 0.6) is 0 Å². The minimum Gasteiger partial charge on any atom is -0.312 e. The van der Waals surface area contributed by atoms with E-state index in [2.05, 4.69) is 31.0 Å². The first-order valence-electron chi connectivity index (χ1n) is 5.12. The van der Waals surface area contributed by atoms with E-state index in [0.29, 0.717) is 5.54 Å². The quantitative estimate of drug-likeness (QED) is 0.663.